The second-order valence-corrected chi connectivity index (χ2v) is 8.79. The van der Waals surface area contributed by atoms with E-state index in [-0.39, 0.29) is 17.8 Å². The van der Waals surface area contributed by atoms with Crippen LogP contribution < -0.4 is 9.47 Å². The van der Waals surface area contributed by atoms with Crippen LogP contribution in [0.4, 0.5) is 4.39 Å². The van der Waals surface area contributed by atoms with Gasteiger partial charge in [0, 0.05) is 44.8 Å². The molecule has 2 aromatic rings. The summed E-state index contributed by atoms with van der Waals surface area (Å²) >= 11 is 0. The summed E-state index contributed by atoms with van der Waals surface area (Å²) in [5.41, 5.74) is 1.85. The summed E-state index contributed by atoms with van der Waals surface area (Å²) in [7, 11) is 0. The highest BCUT2D eigenvalue weighted by Gasteiger charge is 2.32. The number of benzene rings is 2. The van der Waals surface area contributed by atoms with E-state index in [1.54, 1.807) is 6.07 Å². The minimum atomic E-state index is -0.149. The zero-order chi connectivity index (χ0) is 21.9. The first-order valence-corrected chi connectivity index (χ1v) is 11.5. The van der Waals surface area contributed by atoms with E-state index >= 15 is 0 Å². The second kappa shape index (κ2) is 9.46. The van der Waals surface area contributed by atoms with Gasteiger partial charge in [-0.25, -0.2) is 4.39 Å². The molecule has 0 bridgehead atoms. The molecule has 2 aromatic carbocycles. The Morgan fingerprint density at radius 3 is 2.50 bits per heavy atom. The third-order valence-electron chi connectivity index (χ3n) is 6.70. The maximum atomic E-state index is 13.9. The van der Waals surface area contributed by atoms with Gasteiger partial charge in [-0.15, -0.1) is 0 Å². The van der Waals surface area contributed by atoms with Crippen LogP contribution in [0.3, 0.4) is 0 Å². The van der Waals surface area contributed by atoms with Crippen molar-refractivity contribution in [2.45, 2.75) is 25.4 Å². The van der Waals surface area contributed by atoms with Crippen LogP contribution in [0.5, 0.6) is 11.5 Å². The van der Waals surface area contributed by atoms with Crippen LogP contribution >= 0.6 is 0 Å². The molecule has 2 fully saturated rings. The number of hydrogen-bond acceptors (Lipinski definition) is 5. The fourth-order valence-corrected chi connectivity index (χ4v) is 4.93. The number of piperazine rings is 1. The molecule has 0 aromatic heterocycles. The van der Waals surface area contributed by atoms with Gasteiger partial charge in [-0.3, -0.25) is 14.6 Å². The number of hydrogen-bond donors (Lipinski definition) is 0. The third kappa shape index (κ3) is 4.59. The smallest absolute Gasteiger partial charge is 0.237 e. The Balaban J connectivity index is 1.16. The Morgan fingerprint density at radius 2 is 1.69 bits per heavy atom. The highest BCUT2D eigenvalue weighted by molar-refractivity contribution is 5.79. The molecule has 3 aliphatic rings. The molecule has 0 N–H and O–H groups in total. The molecule has 170 valence electrons. The minimum absolute atomic E-state index is 0.0978. The van der Waals surface area contributed by atoms with Crippen molar-refractivity contribution in [3.8, 4) is 11.5 Å². The number of ether oxygens (including phenoxy) is 2. The van der Waals surface area contributed by atoms with Crippen molar-refractivity contribution < 1.29 is 18.7 Å². The molecule has 3 aliphatic heterocycles. The van der Waals surface area contributed by atoms with Crippen LogP contribution in [0.25, 0.3) is 0 Å². The number of rotatable bonds is 5. The van der Waals surface area contributed by atoms with Crippen LogP contribution in [0, 0.1) is 5.82 Å². The van der Waals surface area contributed by atoms with Crippen LogP contribution in [0.15, 0.2) is 42.5 Å². The van der Waals surface area contributed by atoms with Crippen molar-refractivity contribution in [1.82, 2.24) is 14.7 Å². The van der Waals surface area contributed by atoms with Crippen LogP contribution in [0.1, 0.15) is 30.0 Å². The van der Waals surface area contributed by atoms with Crippen molar-refractivity contribution in [3.63, 3.8) is 0 Å². The number of halogens is 1. The Labute approximate surface area is 188 Å². The number of likely N-dealkylation sites (tertiary alicyclic amines) is 1. The van der Waals surface area contributed by atoms with Gasteiger partial charge in [-0.1, -0.05) is 24.3 Å². The van der Waals surface area contributed by atoms with E-state index < -0.39 is 0 Å². The summed E-state index contributed by atoms with van der Waals surface area (Å²) in [6.45, 7) is 6.32. The Hall–Kier alpha value is -2.64. The fraction of sp³-hybridized carbons (Fsp3) is 0.480. The second-order valence-electron chi connectivity index (χ2n) is 8.79. The largest absolute Gasteiger partial charge is 0.486 e. The van der Waals surface area contributed by atoms with Gasteiger partial charge in [-0.05, 0) is 36.6 Å². The van der Waals surface area contributed by atoms with Crippen molar-refractivity contribution in [2.75, 3.05) is 52.5 Å². The van der Waals surface area contributed by atoms with Gasteiger partial charge in [0.15, 0.2) is 11.5 Å². The molecule has 1 amide bonds. The molecule has 6 nitrogen and oxygen atoms in total. The summed E-state index contributed by atoms with van der Waals surface area (Å²) in [4.78, 5) is 19.7. The Morgan fingerprint density at radius 1 is 0.938 bits per heavy atom. The Kier molecular flexibility index (Phi) is 6.28. The predicted molar refractivity (Wildman–Crippen MR) is 119 cm³/mol. The number of carbonyl (C=O) groups excluding carboxylic acids is 1. The van der Waals surface area contributed by atoms with E-state index in [0.717, 1.165) is 68.2 Å². The summed E-state index contributed by atoms with van der Waals surface area (Å²) < 4.78 is 25.3. The number of fused-ring (bicyclic) bond motifs is 1. The first-order valence-electron chi connectivity index (χ1n) is 11.5. The quantitative estimate of drug-likeness (QED) is 0.717. The highest BCUT2D eigenvalue weighted by atomic mass is 19.1. The molecule has 0 saturated carbocycles. The molecule has 0 aliphatic carbocycles. The van der Waals surface area contributed by atoms with Gasteiger partial charge in [-0.2, -0.15) is 0 Å². The molecule has 32 heavy (non-hydrogen) atoms. The van der Waals surface area contributed by atoms with Crippen LogP contribution in [-0.4, -0.2) is 73.1 Å². The maximum absolute atomic E-state index is 13.9. The molecule has 5 rings (SSSR count). The Bertz CT molecular complexity index is 961. The number of amides is 1. The lowest BCUT2D eigenvalue weighted by molar-refractivity contribution is -0.133. The zero-order valence-electron chi connectivity index (χ0n) is 18.3. The van der Waals surface area contributed by atoms with Gasteiger partial charge in [0.1, 0.15) is 19.0 Å². The lowest BCUT2D eigenvalue weighted by atomic mass is 10.0. The van der Waals surface area contributed by atoms with Gasteiger partial charge < -0.3 is 14.4 Å². The summed E-state index contributed by atoms with van der Waals surface area (Å²) in [6, 6.07) is 13.1. The molecule has 0 radical (unpaired) electrons. The van der Waals surface area contributed by atoms with E-state index in [1.165, 1.54) is 6.07 Å². The van der Waals surface area contributed by atoms with Crippen molar-refractivity contribution in [3.05, 3.63) is 59.4 Å². The summed E-state index contributed by atoms with van der Waals surface area (Å²) in [6.07, 6.45) is 1.99. The lowest BCUT2D eigenvalue weighted by Gasteiger charge is -2.36. The molecule has 2 saturated heterocycles. The average molecular weight is 440 g/mol. The van der Waals surface area contributed by atoms with E-state index in [0.29, 0.717) is 26.3 Å². The molecule has 7 heteroatoms. The molecule has 1 unspecified atom stereocenters. The van der Waals surface area contributed by atoms with Crippen molar-refractivity contribution >= 4 is 5.91 Å². The molecule has 1 atom stereocenters. The average Bonchev–Trinajstić information content (AvgIpc) is 3.32. The monoisotopic (exact) mass is 439 g/mol. The summed E-state index contributed by atoms with van der Waals surface area (Å²) in [5, 5.41) is 0. The van der Waals surface area contributed by atoms with E-state index in [2.05, 4.69) is 15.9 Å². The first-order chi connectivity index (χ1) is 15.7. The third-order valence-corrected chi connectivity index (χ3v) is 6.70. The van der Waals surface area contributed by atoms with E-state index in [4.69, 9.17) is 9.47 Å². The highest BCUT2D eigenvalue weighted by Crippen LogP contribution is 2.38. The standard InChI is InChI=1S/C25H30FN3O3/c26-21-5-2-1-4-20(21)17-27-10-12-28(13-11-27)18-25(30)29-9-3-6-22(29)19-7-8-23-24(16-19)32-15-14-31-23/h1-2,4-5,7-8,16,22H,3,6,9-15,17-18H2. The minimum Gasteiger partial charge on any atom is -0.486 e. The first kappa shape index (κ1) is 21.2. The van der Waals surface area contributed by atoms with E-state index in [1.807, 2.05) is 29.2 Å². The van der Waals surface area contributed by atoms with Gasteiger partial charge in [0.05, 0.1) is 12.6 Å². The van der Waals surface area contributed by atoms with Crippen LogP contribution in [0.2, 0.25) is 0 Å². The van der Waals surface area contributed by atoms with E-state index in [9.17, 15) is 9.18 Å². The topological polar surface area (TPSA) is 45.3 Å². The molecular weight excluding hydrogens is 409 g/mol. The van der Waals surface area contributed by atoms with Crippen molar-refractivity contribution in [2.24, 2.45) is 0 Å². The number of carbonyl (C=O) groups is 1. The fourth-order valence-electron chi connectivity index (χ4n) is 4.93. The normalized spacial score (nSPS) is 21.7. The maximum Gasteiger partial charge on any atom is 0.237 e. The van der Waals surface area contributed by atoms with Gasteiger partial charge in [0.2, 0.25) is 5.91 Å². The van der Waals surface area contributed by atoms with Crippen molar-refractivity contribution in [1.29, 1.82) is 0 Å². The lowest BCUT2D eigenvalue weighted by Crippen LogP contribution is -2.49. The predicted octanol–water partition coefficient (Wildman–Crippen LogP) is 3.08. The number of nitrogens with zero attached hydrogens (tertiary/aromatic N) is 3. The molecule has 3 heterocycles. The van der Waals surface area contributed by atoms with Gasteiger partial charge in [0.25, 0.3) is 0 Å². The zero-order valence-corrected chi connectivity index (χ0v) is 18.3. The van der Waals surface area contributed by atoms with Gasteiger partial charge >= 0.3 is 0 Å². The van der Waals surface area contributed by atoms with Crippen LogP contribution in [-0.2, 0) is 11.3 Å². The molecular formula is C25H30FN3O3. The SMILES string of the molecule is O=C(CN1CCN(Cc2ccccc2F)CC1)N1CCCC1c1ccc2c(c1)OCCO2. The molecule has 0 spiro atoms. The summed E-state index contributed by atoms with van der Waals surface area (Å²) in [5.74, 6) is 1.59.